The van der Waals surface area contributed by atoms with E-state index >= 15 is 0 Å². The van der Waals surface area contributed by atoms with Gasteiger partial charge in [-0.15, -0.1) is 0 Å². The molecule has 4 rings (SSSR count). The molecule has 0 saturated carbocycles. The third-order valence-electron chi connectivity index (χ3n) is 4.14. The van der Waals surface area contributed by atoms with Crippen molar-refractivity contribution in [3.05, 3.63) is 84.4 Å². The van der Waals surface area contributed by atoms with Crippen LogP contribution in [0, 0.1) is 0 Å². The second kappa shape index (κ2) is 6.77. The van der Waals surface area contributed by atoms with Gasteiger partial charge in [0.2, 0.25) is 0 Å². The standard InChI is InChI=1S/C21H19NO2/c1-3-7-17(8-4-1)23-20-12-11-16(19-13-14-22-19)15-21(20)24-18-9-5-2-6-10-18/h1-12,15,19,22H,13-14H2/t19-/m1/s1. The lowest BCUT2D eigenvalue weighted by molar-refractivity contribution is 0.378. The predicted molar refractivity (Wildman–Crippen MR) is 94.8 cm³/mol. The Morgan fingerprint density at radius 1 is 0.708 bits per heavy atom. The lowest BCUT2D eigenvalue weighted by Gasteiger charge is -2.28. The lowest BCUT2D eigenvalue weighted by atomic mass is 9.98. The summed E-state index contributed by atoms with van der Waals surface area (Å²) < 4.78 is 12.1. The molecule has 3 aromatic rings. The minimum atomic E-state index is 0.411. The summed E-state index contributed by atoms with van der Waals surface area (Å²) in [6, 6.07) is 26.1. The Hall–Kier alpha value is -2.78. The van der Waals surface area contributed by atoms with Crippen LogP contribution in [0.2, 0.25) is 0 Å². The molecule has 0 aromatic heterocycles. The van der Waals surface area contributed by atoms with Gasteiger partial charge in [-0.1, -0.05) is 42.5 Å². The molecule has 0 unspecified atom stereocenters. The van der Waals surface area contributed by atoms with Gasteiger partial charge in [-0.05, 0) is 54.9 Å². The van der Waals surface area contributed by atoms with Gasteiger partial charge < -0.3 is 14.8 Å². The van der Waals surface area contributed by atoms with E-state index in [1.165, 1.54) is 5.56 Å². The molecule has 0 amide bonds. The first-order chi connectivity index (χ1) is 11.9. The summed E-state index contributed by atoms with van der Waals surface area (Å²) >= 11 is 0. The molecule has 1 saturated heterocycles. The highest BCUT2D eigenvalue weighted by molar-refractivity contribution is 5.48. The third-order valence-corrected chi connectivity index (χ3v) is 4.14. The van der Waals surface area contributed by atoms with Crippen molar-refractivity contribution in [1.29, 1.82) is 0 Å². The Kier molecular flexibility index (Phi) is 4.17. The van der Waals surface area contributed by atoms with Crippen LogP contribution in [0.1, 0.15) is 18.0 Å². The molecule has 3 aromatic carbocycles. The molecule has 24 heavy (non-hydrogen) atoms. The minimum absolute atomic E-state index is 0.411. The van der Waals surface area contributed by atoms with Crippen LogP contribution in [0.15, 0.2) is 78.9 Å². The SMILES string of the molecule is c1ccc(Oc2ccc([C@H]3CCN3)cc2Oc2ccccc2)cc1. The van der Waals surface area contributed by atoms with Crippen LogP contribution in [0.25, 0.3) is 0 Å². The maximum absolute atomic E-state index is 6.09. The van der Waals surface area contributed by atoms with Crippen LogP contribution >= 0.6 is 0 Å². The van der Waals surface area contributed by atoms with E-state index in [0.717, 1.165) is 30.2 Å². The Morgan fingerprint density at radius 2 is 1.29 bits per heavy atom. The molecule has 1 fully saturated rings. The first-order valence-electron chi connectivity index (χ1n) is 8.22. The molecule has 1 aliphatic heterocycles. The zero-order valence-electron chi connectivity index (χ0n) is 13.3. The highest BCUT2D eigenvalue weighted by atomic mass is 16.5. The molecule has 1 aliphatic rings. The highest BCUT2D eigenvalue weighted by Crippen LogP contribution is 2.38. The van der Waals surface area contributed by atoms with E-state index in [2.05, 4.69) is 17.4 Å². The average molecular weight is 317 g/mol. The molecule has 0 bridgehead atoms. The largest absolute Gasteiger partial charge is 0.453 e. The number of hydrogen-bond acceptors (Lipinski definition) is 3. The van der Waals surface area contributed by atoms with E-state index in [9.17, 15) is 0 Å². The fourth-order valence-electron chi connectivity index (χ4n) is 2.71. The van der Waals surface area contributed by atoms with E-state index < -0.39 is 0 Å². The second-order valence-corrected chi connectivity index (χ2v) is 5.83. The van der Waals surface area contributed by atoms with Crippen molar-refractivity contribution < 1.29 is 9.47 Å². The number of ether oxygens (including phenoxy) is 2. The van der Waals surface area contributed by atoms with E-state index in [-0.39, 0.29) is 0 Å². The monoisotopic (exact) mass is 317 g/mol. The Labute approximate surface area is 141 Å². The van der Waals surface area contributed by atoms with Gasteiger partial charge in [0.1, 0.15) is 11.5 Å². The summed E-state index contributed by atoms with van der Waals surface area (Å²) in [6.45, 7) is 1.07. The molecule has 0 aliphatic carbocycles. The molecular formula is C21H19NO2. The Balaban J connectivity index is 1.66. The molecule has 3 heteroatoms. The van der Waals surface area contributed by atoms with Crippen molar-refractivity contribution in [2.24, 2.45) is 0 Å². The molecular weight excluding hydrogens is 298 g/mol. The number of benzene rings is 3. The molecule has 3 nitrogen and oxygen atoms in total. The van der Waals surface area contributed by atoms with Gasteiger partial charge >= 0.3 is 0 Å². The number of nitrogens with one attached hydrogen (secondary N) is 1. The molecule has 1 N–H and O–H groups in total. The summed E-state index contributed by atoms with van der Waals surface area (Å²) in [5.41, 5.74) is 1.23. The minimum Gasteiger partial charge on any atom is -0.453 e. The summed E-state index contributed by atoms with van der Waals surface area (Å²) in [4.78, 5) is 0. The van der Waals surface area contributed by atoms with E-state index in [1.54, 1.807) is 0 Å². The molecule has 1 atom stereocenters. The van der Waals surface area contributed by atoms with Crippen molar-refractivity contribution in [2.45, 2.75) is 12.5 Å². The maximum atomic E-state index is 6.09. The normalized spacial score (nSPS) is 16.2. The van der Waals surface area contributed by atoms with Gasteiger partial charge in [0.15, 0.2) is 11.5 Å². The van der Waals surface area contributed by atoms with Crippen LogP contribution in [0.5, 0.6) is 23.0 Å². The van der Waals surface area contributed by atoms with Crippen molar-refractivity contribution in [1.82, 2.24) is 5.32 Å². The van der Waals surface area contributed by atoms with Crippen molar-refractivity contribution in [3.63, 3.8) is 0 Å². The third kappa shape index (κ3) is 3.26. The second-order valence-electron chi connectivity index (χ2n) is 5.83. The lowest BCUT2D eigenvalue weighted by Crippen LogP contribution is -2.34. The Morgan fingerprint density at radius 3 is 1.83 bits per heavy atom. The zero-order valence-corrected chi connectivity index (χ0v) is 13.3. The number of rotatable bonds is 5. The predicted octanol–water partition coefficient (Wildman–Crippen LogP) is 5.31. The van der Waals surface area contributed by atoms with Gasteiger partial charge in [-0.3, -0.25) is 0 Å². The summed E-state index contributed by atoms with van der Waals surface area (Å²) in [5, 5.41) is 3.43. The molecule has 0 radical (unpaired) electrons. The van der Waals surface area contributed by atoms with Crippen LogP contribution < -0.4 is 14.8 Å². The topological polar surface area (TPSA) is 30.5 Å². The van der Waals surface area contributed by atoms with Gasteiger partial charge in [-0.25, -0.2) is 0 Å². The fraction of sp³-hybridized carbons (Fsp3) is 0.143. The Bertz CT molecular complexity index is 799. The van der Waals surface area contributed by atoms with E-state index in [0.29, 0.717) is 11.8 Å². The average Bonchev–Trinajstić information content (AvgIpc) is 2.57. The van der Waals surface area contributed by atoms with E-state index in [4.69, 9.17) is 9.47 Å². The zero-order chi connectivity index (χ0) is 16.2. The molecule has 1 heterocycles. The molecule has 0 spiro atoms. The summed E-state index contributed by atoms with van der Waals surface area (Å²) in [6.07, 6.45) is 1.16. The van der Waals surface area contributed by atoms with Crippen molar-refractivity contribution in [3.8, 4) is 23.0 Å². The maximum Gasteiger partial charge on any atom is 0.170 e. The van der Waals surface area contributed by atoms with Crippen LogP contribution in [0.3, 0.4) is 0 Å². The number of hydrogen-bond donors (Lipinski definition) is 1. The first-order valence-corrected chi connectivity index (χ1v) is 8.22. The quantitative estimate of drug-likeness (QED) is 0.692. The van der Waals surface area contributed by atoms with E-state index in [1.807, 2.05) is 66.7 Å². The van der Waals surface area contributed by atoms with Gasteiger partial charge in [-0.2, -0.15) is 0 Å². The van der Waals surface area contributed by atoms with Crippen LogP contribution in [-0.4, -0.2) is 6.54 Å². The van der Waals surface area contributed by atoms with Crippen LogP contribution in [-0.2, 0) is 0 Å². The first kappa shape index (κ1) is 14.8. The highest BCUT2D eigenvalue weighted by Gasteiger charge is 2.20. The van der Waals surface area contributed by atoms with Crippen LogP contribution in [0.4, 0.5) is 0 Å². The molecule has 120 valence electrons. The fourth-order valence-corrected chi connectivity index (χ4v) is 2.71. The number of para-hydroxylation sites is 2. The summed E-state index contributed by atoms with van der Waals surface area (Å²) in [7, 11) is 0. The summed E-state index contributed by atoms with van der Waals surface area (Å²) in [5.74, 6) is 3.04. The van der Waals surface area contributed by atoms with Gasteiger partial charge in [0.05, 0.1) is 0 Å². The van der Waals surface area contributed by atoms with Crippen molar-refractivity contribution in [2.75, 3.05) is 6.54 Å². The smallest absolute Gasteiger partial charge is 0.170 e. The van der Waals surface area contributed by atoms with Gasteiger partial charge in [0.25, 0.3) is 0 Å². The van der Waals surface area contributed by atoms with Crippen molar-refractivity contribution >= 4 is 0 Å². The van der Waals surface area contributed by atoms with Gasteiger partial charge in [0, 0.05) is 6.04 Å².